The first-order chi connectivity index (χ1) is 9.17. The highest BCUT2D eigenvalue weighted by atomic mass is 32.1. The number of nitrogens with two attached hydrogens (primary N) is 1. The molecule has 19 heavy (non-hydrogen) atoms. The predicted molar refractivity (Wildman–Crippen MR) is 76.6 cm³/mol. The van der Waals surface area contributed by atoms with Gasteiger partial charge in [0.25, 0.3) is 5.56 Å². The van der Waals surface area contributed by atoms with Crippen LogP contribution in [-0.2, 0) is 0 Å². The number of nitrogens with one attached hydrogen (secondary N) is 1. The second-order valence-corrected chi connectivity index (χ2v) is 5.06. The normalized spacial score (nSPS) is 10.8. The molecule has 0 unspecified atom stereocenters. The fourth-order valence-electron chi connectivity index (χ4n) is 1.86. The number of rotatable bonds is 2. The number of fused-ring (bicyclic) bond motifs is 1. The topological polar surface area (TPSA) is 81.0 Å². The van der Waals surface area contributed by atoms with E-state index in [9.17, 15) is 4.79 Å². The van der Waals surface area contributed by atoms with E-state index in [0.29, 0.717) is 10.2 Å². The maximum absolute atomic E-state index is 11.8. The zero-order valence-electron chi connectivity index (χ0n) is 10.1. The Morgan fingerprint density at radius 2 is 2.05 bits per heavy atom. The van der Waals surface area contributed by atoms with Crippen LogP contribution in [0.25, 0.3) is 20.7 Å². The summed E-state index contributed by atoms with van der Waals surface area (Å²) in [4.78, 5) is 19.4. The number of nitrogen functional groups attached to an aromatic ring is 1. The van der Waals surface area contributed by atoms with Crippen molar-refractivity contribution < 1.29 is 4.74 Å². The van der Waals surface area contributed by atoms with Crippen LogP contribution in [0.5, 0.6) is 5.75 Å². The van der Waals surface area contributed by atoms with Gasteiger partial charge in [-0.2, -0.15) is 0 Å². The molecule has 0 aliphatic rings. The molecular formula is C13H11N3O2S. The van der Waals surface area contributed by atoms with Gasteiger partial charge in [-0.05, 0) is 35.9 Å². The smallest absolute Gasteiger partial charge is 0.270 e. The summed E-state index contributed by atoms with van der Waals surface area (Å²) in [6.45, 7) is 0. The Kier molecular flexibility index (Phi) is 2.72. The van der Waals surface area contributed by atoms with Crippen molar-refractivity contribution in [2.24, 2.45) is 0 Å². The van der Waals surface area contributed by atoms with Crippen LogP contribution in [-0.4, -0.2) is 17.1 Å². The summed E-state index contributed by atoms with van der Waals surface area (Å²) in [5.74, 6) is 0.932. The van der Waals surface area contributed by atoms with E-state index in [1.807, 2.05) is 30.3 Å². The molecule has 0 fully saturated rings. The molecule has 2 aromatic heterocycles. The van der Waals surface area contributed by atoms with Crippen LogP contribution in [0.3, 0.4) is 0 Å². The molecule has 3 rings (SSSR count). The molecule has 2 heterocycles. The summed E-state index contributed by atoms with van der Waals surface area (Å²) >= 11 is 1.40. The minimum Gasteiger partial charge on any atom is -0.497 e. The molecule has 0 amide bonds. The van der Waals surface area contributed by atoms with Gasteiger partial charge >= 0.3 is 0 Å². The van der Waals surface area contributed by atoms with E-state index >= 15 is 0 Å². The van der Waals surface area contributed by atoms with Crippen molar-refractivity contribution in [1.82, 2.24) is 9.97 Å². The molecular weight excluding hydrogens is 262 g/mol. The average Bonchev–Trinajstić information content (AvgIpc) is 2.83. The molecule has 1 aromatic carbocycles. The summed E-state index contributed by atoms with van der Waals surface area (Å²) < 4.78 is 5.70. The Hall–Kier alpha value is -2.34. The molecule has 96 valence electrons. The van der Waals surface area contributed by atoms with Gasteiger partial charge in [0.05, 0.1) is 12.6 Å². The summed E-state index contributed by atoms with van der Waals surface area (Å²) in [6, 6.07) is 9.52. The van der Waals surface area contributed by atoms with E-state index in [0.717, 1.165) is 16.2 Å². The number of hydrogen-bond donors (Lipinski definition) is 2. The zero-order chi connectivity index (χ0) is 13.4. The highest BCUT2D eigenvalue weighted by Gasteiger charge is 2.09. The summed E-state index contributed by atoms with van der Waals surface area (Å²) in [7, 11) is 1.63. The molecule has 3 aromatic rings. The van der Waals surface area contributed by atoms with Gasteiger partial charge in [-0.3, -0.25) is 9.78 Å². The molecule has 0 atom stereocenters. The van der Waals surface area contributed by atoms with Gasteiger partial charge in [0.1, 0.15) is 10.4 Å². The summed E-state index contributed by atoms with van der Waals surface area (Å²) in [5.41, 5.74) is 6.97. The highest BCUT2D eigenvalue weighted by Crippen LogP contribution is 2.31. The van der Waals surface area contributed by atoms with Crippen LogP contribution in [0.1, 0.15) is 0 Å². The zero-order valence-corrected chi connectivity index (χ0v) is 11.0. The van der Waals surface area contributed by atoms with Crippen molar-refractivity contribution in [1.29, 1.82) is 0 Å². The SMILES string of the molecule is COc1ccc(-c2cc3nc(N)[nH]c(=O)c3s2)cc1. The Morgan fingerprint density at radius 1 is 1.32 bits per heavy atom. The lowest BCUT2D eigenvalue weighted by Crippen LogP contribution is -2.09. The lowest BCUT2D eigenvalue weighted by Gasteiger charge is -2.00. The van der Waals surface area contributed by atoms with Crippen LogP contribution in [0, 0.1) is 0 Å². The lowest BCUT2D eigenvalue weighted by molar-refractivity contribution is 0.415. The second kappa shape index (κ2) is 4.40. The van der Waals surface area contributed by atoms with Gasteiger partial charge in [-0.15, -0.1) is 11.3 Å². The number of nitrogens with zero attached hydrogens (tertiary/aromatic N) is 1. The first-order valence-electron chi connectivity index (χ1n) is 5.61. The number of aromatic nitrogens is 2. The van der Waals surface area contributed by atoms with E-state index < -0.39 is 0 Å². The molecule has 3 N–H and O–H groups in total. The van der Waals surface area contributed by atoms with Gasteiger partial charge in [-0.1, -0.05) is 0 Å². The minimum atomic E-state index is -0.202. The Balaban J connectivity index is 2.14. The molecule has 0 aliphatic carbocycles. The second-order valence-electron chi connectivity index (χ2n) is 4.00. The molecule has 0 aliphatic heterocycles. The third-order valence-electron chi connectivity index (χ3n) is 2.78. The van der Waals surface area contributed by atoms with E-state index in [1.165, 1.54) is 11.3 Å². The molecule has 0 spiro atoms. The van der Waals surface area contributed by atoms with Crippen LogP contribution < -0.4 is 16.0 Å². The van der Waals surface area contributed by atoms with E-state index in [4.69, 9.17) is 10.5 Å². The van der Waals surface area contributed by atoms with Gasteiger partial charge in [0, 0.05) is 4.88 Å². The maximum atomic E-state index is 11.8. The average molecular weight is 273 g/mol. The van der Waals surface area contributed by atoms with Crippen molar-refractivity contribution in [2.75, 3.05) is 12.8 Å². The molecule has 0 bridgehead atoms. The van der Waals surface area contributed by atoms with E-state index in [1.54, 1.807) is 7.11 Å². The summed E-state index contributed by atoms with van der Waals surface area (Å²) in [6.07, 6.45) is 0. The van der Waals surface area contributed by atoms with Crippen LogP contribution in [0.2, 0.25) is 0 Å². The number of benzene rings is 1. The van der Waals surface area contributed by atoms with Gasteiger partial charge < -0.3 is 10.5 Å². The number of aromatic amines is 1. The van der Waals surface area contributed by atoms with Crippen LogP contribution in [0.4, 0.5) is 5.95 Å². The lowest BCUT2D eigenvalue weighted by atomic mass is 10.2. The fraction of sp³-hybridized carbons (Fsp3) is 0.0769. The molecule has 0 saturated heterocycles. The van der Waals surface area contributed by atoms with Crippen molar-refractivity contribution in [3.05, 3.63) is 40.7 Å². The van der Waals surface area contributed by atoms with Crippen molar-refractivity contribution in [3.63, 3.8) is 0 Å². The number of anilines is 1. The Bertz CT molecular complexity index is 790. The number of H-pyrrole nitrogens is 1. The Morgan fingerprint density at radius 3 is 2.74 bits per heavy atom. The monoisotopic (exact) mass is 273 g/mol. The molecule has 5 nitrogen and oxygen atoms in total. The van der Waals surface area contributed by atoms with Crippen molar-refractivity contribution in [2.45, 2.75) is 0 Å². The first-order valence-corrected chi connectivity index (χ1v) is 6.43. The van der Waals surface area contributed by atoms with E-state index in [2.05, 4.69) is 9.97 Å². The first kappa shape index (κ1) is 11.7. The number of hydrogen-bond acceptors (Lipinski definition) is 5. The van der Waals surface area contributed by atoms with Gasteiger partial charge in [0.2, 0.25) is 5.95 Å². The van der Waals surface area contributed by atoms with Gasteiger partial charge in [-0.25, -0.2) is 4.98 Å². The molecule has 6 heteroatoms. The standard InChI is InChI=1S/C13H11N3O2S/c1-18-8-4-2-7(3-5-8)10-6-9-11(19-10)12(17)16-13(14)15-9/h2-6H,1H3,(H3,14,15,16,17). The highest BCUT2D eigenvalue weighted by molar-refractivity contribution is 7.22. The number of methoxy groups -OCH3 is 1. The molecule has 0 radical (unpaired) electrons. The maximum Gasteiger partial charge on any atom is 0.270 e. The van der Waals surface area contributed by atoms with Gasteiger partial charge in [0.15, 0.2) is 0 Å². The Labute approximate surface area is 112 Å². The third-order valence-corrected chi connectivity index (χ3v) is 3.95. The number of thiophene rings is 1. The van der Waals surface area contributed by atoms with Crippen molar-refractivity contribution >= 4 is 27.5 Å². The summed E-state index contributed by atoms with van der Waals surface area (Å²) in [5, 5.41) is 0. The molecule has 0 saturated carbocycles. The van der Waals surface area contributed by atoms with Crippen LogP contribution in [0.15, 0.2) is 35.1 Å². The predicted octanol–water partition coefficient (Wildman–Crippen LogP) is 2.24. The minimum absolute atomic E-state index is 0.136. The van der Waals surface area contributed by atoms with Crippen molar-refractivity contribution in [3.8, 4) is 16.2 Å². The quantitative estimate of drug-likeness (QED) is 0.750. The third kappa shape index (κ3) is 2.06. The van der Waals surface area contributed by atoms with E-state index in [-0.39, 0.29) is 11.5 Å². The largest absolute Gasteiger partial charge is 0.497 e. The number of ether oxygens (including phenoxy) is 1. The van der Waals surface area contributed by atoms with Crippen LogP contribution >= 0.6 is 11.3 Å². The fourth-order valence-corrected chi connectivity index (χ4v) is 2.85.